The second-order valence-electron chi connectivity index (χ2n) is 0.448. The molecule has 0 fully saturated rings. The van der Waals surface area contributed by atoms with Crippen LogP contribution in [0.25, 0.3) is 0 Å². The van der Waals surface area contributed by atoms with Crippen molar-refractivity contribution >= 4 is 10.4 Å². The molecule has 0 saturated carbocycles. The van der Waals surface area contributed by atoms with Gasteiger partial charge in [-0.05, 0) is 0 Å². The third-order valence-corrected chi connectivity index (χ3v) is 0. The van der Waals surface area contributed by atoms with Gasteiger partial charge in [0.2, 0.25) is 0 Å². The van der Waals surface area contributed by atoms with Crippen molar-refractivity contribution < 1.29 is 41.7 Å². The average molecular weight is 183 g/mol. The van der Waals surface area contributed by atoms with Crippen molar-refractivity contribution in [2.45, 2.75) is 0 Å². The van der Waals surface area contributed by atoms with E-state index in [-0.39, 0.29) is 24.2 Å². The van der Waals surface area contributed by atoms with E-state index in [1.54, 1.807) is 0 Å². The normalized spacial score (nSPS) is 8.29. The summed E-state index contributed by atoms with van der Waals surface area (Å²) in [6.45, 7) is 0. The Balaban J connectivity index is -0.0000000800. The molecule has 0 aromatic carbocycles. The summed E-state index contributed by atoms with van der Waals surface area (Å²) in [6, 6.07) is 0. The molecule has 0 bridgehead atoms. The molecular formula is H3FO4SZn. The SMILES string of the molecule is F.O=S(=O)(O)O.[Zn]. The predicted octanol–water partition coefficient (Wildman–Crippen LogP) is -0.503. The van der Waals surface area contributed by atoms with Crippen molar-refractivity contribution in [2.75, 3.05) is 0 Å². The van der Waals surface area contributed by atoms with Crippen molar-refractivity contribution in [3.05, 3.63) is 0 Å². The van der Waals surface area contributed by atoms with Crippen LogP contribution < -0.4 is 0 Å². The van der Waals surface area contributed by atoms with Gasteiger partial charge in [-0.1, -0.05) is 0 Å². The molecule has 0 spiro atoms. The first kappa shape index (κ1) is 15.7. The second kappa shape index (κ2) is 4.58. The van der Waals surface area contributed by atoms with E-state index in [0.29, 0.717) is 0 Å². The van der Waals surface area contributed by atoms with Gasteiger partial charge in [0.15, 0.2) is 0 Å². The molecule has 7 heteroatoms. The molecule has 0 aliphatic rings. The zero-order valence-corrected chi connectivity index (χ0v) is 7.02. The molecule has 0 aromatic rings. The Bertz CT molecular complexity index is 94.9. The largest absolute Gasteiger partial charge is 0.394 e. The minimum Gasteiger partial charge on any atom is -0.269 e. The zero-order valence-electron chi connectivity index (χ0n) is 3.23. The molecule has 42 valence electrons. The van der Waals surface area contributed by atoms with Gasteiger partial charge in [-0.15, -0.1) is 0 Å². The van der Waals surface area contributed by atoms with Crippen LogP contribution in [0.15, 0.2) is 0 Å². The topological polar surface area (TPSA) is 74.6 Å². The molecule has 0 radical (unpaired) electrons. The minimum atomic E-state index is -4.67. The molecule has 0 amide bonds. The van der Waals surface area contributed by atoms with E-state index in [0.717, 1.165) is 0 Å². The van der Waals surface area contributed by atoms with Crippen LogP contribution in [-0.4, -0.2) is 17.5 Å². The maximum Gasteiger partial charge on any atom is 0.394 e. The number of rotatable bonds is 0. The molecule has 0 heterocycles. The first-order valence-electron chi connectivity index (χ1n) is 0.698. The van der Waals surface area contributed by atoms with Crippen molar-refractivity contribution in [1.29, 1.82) is 0 Å². The smallest absolute Gasteiger partial charge is 0.269 e. The minimum absolute atomic E-state index is 0. The van der Waals surface area contributed by atoms with Crippen LogP contribution in [-0.2, 0) is 29.9 Å². The van der Waals surface area contributed by atoms with Crippen molar-refractivity contribution in [2.24, 2.45) is 0 Å². The van der Waals surface area contributed by atoms with Gasteiger partial charge in [0.25, 0.3) is 0 Å². The quantitative estimate of drug-likeness (QED) is 0.392. The summed E-state index contributed by atoms with van der Waals surface area (Å²) in [5.74, 6) is 0. The van der Waals surface area contributed by atoms with Crippen molar-refractivity contribution in [3.63, 3.8) is 0 Å². The van der Waals surface area contributed by atoms with Gasteiger partial charge in [-0.25, -0.2) is 0 Å². The third kappa shape index (κ3) is 701. The first-order valence-corrected chi connectivity index (χ1v) is 2.10. The van der Waals surface area contributed by atoms with Crippen LogP contribution >= 0.6 is 0 Å². The maximum atomic E-state index is 8.74. The van der Waals surface area contributed by atoms with Crippen LogP contribution in [0.1, 0.15) is 0 Å². The summed E-state index contributed by atoms with van der Waals surface area (Å²) in [6.07, 6.45) is 0. The number of halogens is 1. The van der Waals surface area contributed by atoms with Gasteiger partial charge in [-0.2, -0.15) is 8.42 Å². The van der Waals surface area contributed by atoms with Crippen LogP contribution in [0.4, 0.5) is 4.70 Å². The molecule has 0 atom stereocenters. The monoisotopic (exact) mass is 182 g/mol. The first-order chi connectivity index (χ1) is 2.00. The van der Waals surface area contributed by atoms with Crippen molar-refractivity contribution in [3.8, 4) is 0 Å². The van der Waals surface area contributed by atoms with E-state index < -0.39 is 10.4 Å². The summed E-state index contributed by atoms with van der Waals surface area (Å²) in [5, 5.41) is 0. The predicted molar refractivity (Wildman–Crippen MR) is 16.7 cm³/mol. The van der Waals surface area contributed by atoms with Gasteiger partial charge in [-0.3, -0.25) is 13.8 Å². The summed E-state index contributed by atoms with van der Waals surface area (Å²) >= 11 is 0. The number of hydrogen-bond donors (Lipinski definition) is 2. The number of hydrogen-bond acceptors (Lipinski definition) is 2. The van der Waals surface area contributed by atoms with Gasteiger partial charge in [0.1, 0.15) is 0 Å². The molecule has 0 aromatic heterocycles. The van der Waals surface area contributed by atoms with Gasteiger partial charge < -0.3 is 0 Å². The fourth-order valence-corrected chi connectivity index (χ4v) is 0. The van der Waals surface area contributed by atoms with E-state index in [1.165, 1.54) is 0 Å². The molecule has 0 aliphatic carbocycles. The van der Waals surface area contributed by atoms with Crippen LogP contribution in [0.2, 0.25) is 0 Å². The Labute approximate surface area is 52.6 Å². The maximum absolute atomic E-state index is 8.74. The van der Waals surface area contributed by atoms with Crippen LogP contribution in [0, 0.1) is 0 Å². The van der Waals surface area contributed by atoms with E-state index in [2.05, 4.69) is 0 Å². The second-order valence-corrected chi connectivity index (χ2v) is 1.34. The van der Waals surface area contributed by atoms with E-state index >= 15 is 0 Å². The van der Waals surface area contributed by atoms with Crippen molar-refractivity contribution in [1.82, 2.24) is 0 Å². The molecule has 4 nitrogen and oxygen atoms in total. The Hall–Kier alpha value is 0.423. The average Bonchev–Trinajstić information content (AvgIpc) is 0.722. The molecule has 0 unspecified atom stereocenters. The fraction of sp³-hybridized carbons (Fsp3) is 0. The third-order valence-electron chi connectivity index (χ3n) is 0. The van der Waals surface area contributed by atoms with Crippen LogP contribution in [0.3, 0.4) is 0 Å². The van der Waals surface area contributed by atoms with Gasteiger partial charge in [0.05, 0.1) is 0 Å². The molecule has 2 N–H and O–H groups in total. The van der Waals surface area contributed by atoms with Crippen LogP contribution in [0.5, 0.6) is 0 Å². The van der Waals surface area contributed by atoms with Gasteiger partial charge in [0, 0.05) is 19.5 Å². The Morgan fingerprint density at radius 1 is 1.14 bits per heavy atom. The standard InChI is InChI=1S/FH.H2O4S.Zn/c;1-5(2,3)4;/h1H;(H2,1,2,3,4);. The molecular weight excluding hydrogens is 180 g/mol. The fourth-order valence-electron chi connectivity index (χ4n) is 0. The van der Waals surface area contributed by atoms with E-state index in [9.17, 15) is 0 Å². The Kier molecular flexibility index (Phi) is 10.2. The molecule has 0 aliphatic heterocycles. The summed E-state index contributed by atoms with van der Waals surface area (Å²) in [5.41, 5.74) is 0. The molecule has 7 heavy (non-hydrogen) atoms. The summed E-state index contributed by atoms with van der Waals surface area (Å²) in [4.78, 5) is 0. The van der Waals surface area contributed by atoms with E-state index in [4.69, 9.17) is 17.5 Å². The Morgan fingerprint density at radius 3 is 1.14 bits per heavy atom. The van der Waals surface area contributed by atoms with E-state index in [1.807, 2.05) is 0 Å². The molecule has 0 saturated heterocycles. The Morgan fingerprint density at radius 2 is 1.14 bits per heavy atom. The summed E-state index contributed by atoms with van der Waals surface area (Å²) in [7, 11) is -4.67. The van der Waals surface area contributed by atoms with Gasteiger partial charge >= 0.3 is 10.4 Å². The molecule has 0 rings (SSSR count). The zero-order chi connectivity index (χ0) is 4.50. The summed E-state index contributed by atoms with van der Waals surface area (Å²) < 4.78 is 31.6.